The van der Waals surface area contributed by atoms with E-state index in [9.17, 15) is 13.2 Å². The second kappa shape index (κ2) is 14.6. The summed E-state index contributed by atoms with van der Waals surface area (Å²) in [7, 11) is -1.26. The second-order valence-electron chi connectivity index (χ2n) is 4.37. The first-order valence-corrected chi connectivity index (χ1v) is 7.74. The average molecular weight is 300 g/mol. The van der Waals surface area contributed by atoms with Gasteiger partial charge >= 0.3 is 35.5 Å². The minimum Gasteiger partial charge on any atom is -1.00 e. The molecule has 0 rings (SSSR count). The van der Waals surface area contributed by atoms with Crippen LogP contribution < -0.4 is 29.6 Å². The van der Waals surface area contributed by atoms with Crippen LogP contribution in [0, 0.1) is 0 Å². The quantitative estimate of drug-likeness (QED) is 0.244. The standard InChI is InChI=1S/C13H24O4S.Na.H/c1-3-4-5-6-7-8-9-10-11-12(18(15)16)13(14)17-2;;/h3-11H2,1-2H3;;/q;+1;-1. The molecule has 0 amide bonds. The van der Waals surface area contributed by atoms with Gasteiger partial charge in [0.1, 0.15) is 0 Å². The normalized spacial score (nSPS) is 9.58. The summed E-state index contributed by atoms with van der Waals surface area (Å²) in [6.07, 6.45) is 9.32. The molecule has 0 spiro atoms. The van der Waals surface area contributed by atoms with Crippen LogP contribution in [0.5, 0.6) is 0 Å². The zero-order chi connectivity index (χ0) is 13.8. The number of hydrogen-bond donors (Lipinski definition) is 0. The van der Waals surface area contributed by atoms with Gasteiger partial charge in [0.25, 0.3) is 0 Å². The first kappa shape index (κ1) is 21.5. The van der Waals surface area contributed by atoms with Crippen molar-refractivity contribution in [3.8, 4) is 0 Å². The maximum atomic E-state index is 11.1. The van der Waals surface area contributed by atoms with E-state index in [0.717, 1.165) is 19.3 Å². The fourth-order valence-corrected chi connectivity index (χ4v) is 2.32. The molecule has 4 nitrogen and oxygen atoms in total. The molecular weight excluding hydrogens is 275 g/mol. The molecule has 0 aromatic heterocycles. The van der Waals surface area contributed by atoms with Gasteiger partial charge in [0.2, 0.25) is 10.3 Å². The summed E-state index contributed by atoms with van der Waals surface area (Å²) in [5, 5.41) is 0. The van der Waals surface area contributed by atoms with Gasteiger partial charge in [-0.15, -0.1) is 0 Å². The second-order valence-corrected chi connectivity index (χ2v) is 5.34. The molecule has 0 aliphatic rings. The SMILES string of the molecule is CCCCCCCCCCC(C(=O)OC)=S(=O)=O.[H-].[Na+]. The summed E-state index contributed by atoms with van der Waals surface area (Å²) in [5.41, 5.74) is 0. The molecule has 0 aliphatic heterocycles. The first-order valence-electron chi connectivity index (χ1n) is 6.66. The van der Waals surface area contributed by atoms with E-state index < -0.39 is 16.3 Å². The third kappa shape index (κ3) is 11.7. The van der Waals surface area contributed by atoms with Crippen molar-refractivity contribution in [2.45, 2.75) is 64.7 Å². The van der Waals surface area contributed by atoms with Crippen molar-refractivity contribution >= 4 is 21.1 Å². The number of methoxy groups -OCH3 is 1. The number of ether oxygens (including phenoxy) is 1. The number of rotatable bonds is 10. The Bertz CT molecular complexity index is 361. The Balaban J connectivity index is -0.00000144. The summed E-state index contributed by atoms with van der Waals surface area (Å²) in [4.78, 5) is 11.0. The number of unbranched alkanes of at least 4 members (excludes halogenated alkanes) is 7. The largest absolute Gasteiger partial charge is 1.00 e. The van der Waals surface area contributed by atoms with Gasteiger partial charge < -0.3 is 6.16 Å². The van der Waals surface area contributed by atoms with E-state index in [-0.39, 0.29) is 42.3 Å². The third-order valence-electron chi connectivity index (χ3n) is 2.87. The van der Waals surface area contributed by atoms with Crippen molar-refractivity contribution in [2.24, 2.45) is 0 Å². The molecule has 6 heteroatoms. The minimum absolute atomic E-state index is 0. The summed E-state index contributed by atoms with van der Waals surface area (Å²) in [5.74, 6) is -0.730. The molecule has 0 atom stereocenters. The molecule has 0 saturated carbocycles. The van der Waals surface area contributed by atoms with E-state index in [4.69, 9.17) is 0 Å². The van der Waals surface area contributed by atoms with Crippen LogP contribution in [0.1, 0.15) is 66.1 Å². The van der Waals surface area contributed by atoms with Crippen LogP contribution in [-0.4, -0.2) is 26.4 Å². The van der Waals surface area contributed by atoms with Crippen LogP contribution in [0.15, 0.2) is 0 Å². The van der Waals surface area contributed by atoms with E-state index in [1.807, 2.05) is 0 Å². The Morgan fingerprint density at radius 1 is 1.00 bits per heavy atom. The predicted octanol–water partition coefficient (Wildman–Crippen LogP) is -0.142. The van der Waals surface area contributed by atoms with E-state index in [0.29, 0.717) is 0 Å². The number of esters is 1. The molecule has 0 N–H and O–H groups in total. The Morgan fingerprint density at radius 2 is 1.47 bits per heavy atom. The maximum Gasteiger partial charge on any atom is 1.00 e. The Labute approximate surface area is 141 Å². The fraction of sp³-hybridized carbons (Fsp3) is 0.846. The smallest absolute Gasteiger partial charge is 1.00 e. The van der Waals surface area contributed by atoms with Gasteiger partial charge in [-0.25, -0.2) is 4.79 Å². The van der Waals surface area contributed by atoms with Crippen molar-refractivity contribution < 1.29 is 48.9 Å². The number of carbonyl (C=O) groups is 1. The van der Waals surface area contributed by atoms with Crippen LogP contribution in [0.4, 0.5) is 0 Å². The van der Waals surface area contributed by atoms with E-state index in [1.165, 1.54) is 39.2 Å². The molecule has 0 radical (unpaired) electrons. The molecular formula is C13H25NaO4S. The average Bonchev–Trinajstić information content (AvgIpc) is 2.35. The third-order valence-corrected chi connectivity index (χ3v) is 3.64. The van der Waals surface area contributed by atoms with Crippen LogP contribution in [0.25, 0.3) is 0 Å². The Hall–Kier alpha value is 0.160. The van der Waals surface area contributed by atoms with Crippen molar-refractivity contribution in [1.29, 1.82) is 0 Å². The predicted molar refractivity (Wildman–Crippen MR) is 74.3 cm³/mol. The van der Waals surface area contributed by atoms with E-state index in [1.54, 1.807) is 0 Å². The van der Waals surface area contributed by atoms with E-state index >= 15 is 0 Å². The van der Waals surface area contributed by atoms with Crippen molar-refractivity contribution in [3.63, 3.8) is 0 Å². The molecule has 0 aromatic carbocycles. The van der Waals surface area contributed by atoms with Crippen molar-refractivity contribution in [3.05, 3.63) is 0 Å². The molecule has 0 bridgehead atoms. The van der Waals surface area contributed by atoms with Crippen molar-refractivity contribution in [2.75, 3.05) is 7.11 Å². The zero-order valence-corrected chi connectivity index (χ0v) is 15.2. The molecule has 0 heterocycles. The molecule has 108 valence electrons. The Morgan fingerprint density at radius 3 is 1.89 bits per heavy atom. The van der Waals surface area contributed by atoms with Gasteiger partial charge in [-0.2, -0.15) is 8.42 Å². The van der Waals surface area contributed by atoms with Gasteiger partial charge in [0, 0.05) is 0 Å². The number of carbonyl (C=O) groups excluding carboxylic acids is 1. The topological polar surface area (TPSA) is 60.4 Å². The van der Waals surface area contributed by atoms with Gasteiger partial charge in [-0.3, -0.25) is 0 Å². The molecule has 19 heavy (non-hydrogen) atoms. The summed E-state index contributed by atoms with van der Waals surface area (Å²) >= 11 is 0. The van der Waals surface area contributed by atoms with Gasteiger partial charge in [-0.05, 0) is 12.8 Å². The maximum absolute atomic E-state index is 11.1. The van der Waals surface area contributed by atoms with Crippen LogP contribution in [0.3, 0.4) is 0 Å². The molecule has 0 unspecified atom stereocenters. The minimum atomic E-state index is -2.45. The van der Waals surface area contributed by atoms with Gasteiger partial charge in [-0.1, -0.05) is 51.9 Å². The van der Waals surface area contributed by atoms with Gasteiger partial charge in [0.05, 0.1) is 7.11 Å². The van der Waals surface area contributed by atoms with Crippen LogP contribution >= 0.6 is 0 Å². The first-order chi connectivity index (χ1) is 8.63. The van der Waals surface area contributed by atoms with Crippen LogP contribution in [-0.2, 0) is 19.8 Å². The molecule has 0 aromatic rings. The molecule has 0 saturated heterocycles. The van der Waals surface area contributed by atoms with Gasteiger partial charge in [0.15, 0.2) is 4.86 Å². The van der Waals surface area contributed by atoms with Crippen LogP contribution in [0.2, 0.25) is 0 Å². The monoisotopic (exact) mass is 300 g/mol. The number of hydrogen-bond acceptors (Lipinski definition) is 4. The Kier molecular flexibility index (Phi) is 16.5. The van der Waals surface area contributed by atoms with E-state index in [2.05, 4.69) is 11.7 Å². The summed E-state index contributed by atoms with van der Waals surface area (Å²) in [6, 6.07) is 0. The fourth-order valence-electron chi connectivity index (χ4n) is 1.79. The summed E-state index contributed by atoms with van der Waals surface area (Å²) in [6.45, 7) is 2.19. The molecule has 0 fully saturated rings. The molecule has 0 aliphatic carbocycles. The summed E-state index contributed by atoms with van der Waals surface area (Å²) < 4.78 is 26.0. The zero-order valence-electron chi connectivity index (χ0n) is 13.4. The van der Waals surface area contributed by atoms with Crippen molar-refractivity contribution in [1.82, 2.24) is 0 Å².